The number of para-hydroxylation sites is 1. The van der Waals surface area contributed by atoms with Gasteiger partial charge in [0.15, 0.2) is 0 Å². The van der Waals surface area contributed by atoms with Crippen LogP contribution in [0, 0.1) is 0 Å². The van der Waals surface area contributed by atoms with Crippen LogP contribution >= 0.6 is 23.1 Å². The van der Waals surface area contributed by atoms with Crippen LogP contribution in [0.4, 0.5) is 0 Å². The van der Waals surface area contributed by atoms with Crippen LogP contribution in [0.5, 0.6) is 0 Å². The van der Waals surface area contributed by atoms with E-state index in [2.05, 4.69) is 32.4 Å². The van der Waals surface area contributed by atoms with Gasteiger partial charge >= 0.3 is 0 Å². The highest BCUT2D eigenvalue weighted by Gasteiger charge is 2.09. The number of thioether (sulfide) groups is 1. The molecule has 5 nitrogen and oxygen atoms in total. The van der Waals surface area contributed by atoms with E-state index in [1.54, 1.807) is 17.7 Å². The van der Waals surface area contributed by atoms with Gasteiger partial charge in [0.25, 0.3) is 0 Å². The van der Waals surface area contributed by atoms with Crippen LogP contribution < -0.4 is 5.32 Å². The molecular weight excluding hydrogens is 352 g/mol. The van der Waals surface area contributed by atoms with Gasteiger partial charge in [0, 0.05) is 23.6 Å². The third-order valence-corrected chi connectivity index (χ3v) is 5.97. The lowest BCUT2D eigenvalue weighted by Crippen LogP contribution is -2.27. The molecule has 4 aromatic rings. The van der Waals surface area contributed by atoms with Gasteiger partial charge < -0.3 is 10.3 Å². The van der Waals surface area contributed by atoms with Crippen molar-refractivity contribution in [2.45, 2.75) is 11.4 Å². The lowest BCUT2D eigenvalue weighted by molar-refractivity contribution is -0.118. The lowest BCUT2D eigenvalue weighted by atomic mass is 10.1. The molecule has 0 radical (unpaired) electrons. The summed E-state index contributed by atoms with van der Waals surface area (Å²) in [6, 6.07) is 10.2. The number of hydrogen-bond acceptors (Lipinski definition) is 5. The number of fused-ring (bicyclic) bond motifs is 2. The van der Waals surface area contributed by atoms with E-state index in [4.69, 9.17) is 0 Å². The normalized spacial score (nSPS) is 11.2. The second kappa shape index (κ2) is 7.25. The Morgan fingerprint density at radius 2 is 2.16 bits per heavy atom. The summed E-state index contributed by atoms with van der Waals surface area (Å²) in [4.78, 5) is 23.9. The lowest BCUT2D eigenvalue weighted by Gasteiger charge is -2.05. The van der Waals surface area contributed by atoms with E-state index in [-0.39, 0.29) is 5.91 Å². The van der Waals surface area contributed by atoms with Gasteiger partial charge in [-0.1, -0.05) is 30.0 Å². The van der Waals surface area contributed by atoms with Gasteiger partial charge in [-0.15, -0.1) is 11.3 Å². The quantitative estimate of drug-likeness (QED) is 0.403. The molecule has 126 valence electrons. The number of H-pyrrole nitrogens is 1. The first-order valence-electron chi connectivity index (χ1n) is 7.94. The second-order valence-corrected chi connectivity index (χ2v) is 7.44. The van der Waals surface area contributed by atoms with Gasteiger partial charge in [-0.2, -0.15) is 0 Å². The van der Waals surface area contributed by atoms with Gasteiger partial charge in [-0.3, -0.25) is 4.79 Å². The summed E-state index contributed by atoms with van der Waals surface area (Å²) in [5, 5.41) is 7.06. The average molecular weight is 368 g/mol. The Balaban J connectivity index is 1.30. The molecule has 0 bridgehead atoms. The van der Waals surface area contributed by atoms with E-state index in [9.17, 15) is 4.79 Å². The van der Waals surface area contributed by atoms with E-state index in [0.717, 1.165) is 27.2 Å². The Labute approximate surface area is 152 Å². The molecule has 0 aliphatic rings. The molecule has 0 atom stereocenters. The van der Waals surface area contributed by atoms with E-state index in [1.807, 2.05) is 29.8 Å². The van der Waals surface area contributed by atoms with Crippen LogP contribution in [0.25, 0.3) is 21.1 Å². The highest BCUT2D eigenvalue weighted by Crippen LogP contribution is 2.28. The molecule has 25 heavy (non-hydrogen) atoms. The molecular formula is C18H16N4OS2. The van der Waals surface area contributed by atoms with Crippen molar-refractivity contribution >= 4 is 50.1 Å². The maximum atomic E-state index is 12.1. The van der Waals surface area contributed by atoms with E-state index < -0.39 is 0 Å². The Kier molecular flexibility index (Phi) is 4.67. The fourth-order valence-electron chi connectivity index (χ4n) is 2.73. The summed E-state index contributed by atoms with van der Waals surface area (Å²) in [6.45, 7) is 0.624. The van der Waals surface area contributed by atoms with Gasteiger partial charge in [0.1, 0.15) is 11.4 Å². The number of carbonyl (C=O) groups excluding carboxylic acids is 1. The van der Waals surface area contributed by atoms with E-state index in [0.29, 0.717) is 12.3 Å². The fourth-order valence-corrected chi connectivity index (χ4v) is 4.51. The number of aromatic nitrogens is 3. The molecule has 3 heterocycles. The van der Waals surface area contributed by atoms with Crippen molar-refractivity contribution in [2.75, 3.05) is 12.3 Å². The smallest absolute Gasteiger partial charge is 0.230 e. The van der Waals surface area contributed by atoms with Gasteiger partial charge in [0.05, 0.1) is 16.0 Å². The third-order valence-electron chi connectivity index (χ3n) is 3.94. The summed E-state index contributed by atoms with van der Waals surface area (Å²) in [7, 11) is 0. The van der Waals surface area contributed by atoms with Crippen LogP contribution in [0.3, 0.4) is 0 Å². The molecule has 2 N–H and O–H groups in total. The SMILES string of the molecule is O=C(CSc1ncnc2ccsc12)NCCc1c[nH]c2ccccc12. The average Bonchev–Trinajstić information content (AvgIpc) is 3.27. The zero-order chi connectivity index (χ0) is 17.1. The molecule has 4 rings (SSSR count). The van der Waals surface area contributed by atoms with Crippen molar-refractivity contribution < 1.29 is 4.79 Å². The molecule has 0 fully saturated rings. The van der Waals surface area contributed by atoms with Crippen molar-refractivity contribution in [1.82, 2.24) is 20.3 Å². The van der Waals surface area contributed by atoms with Gasteiger partial charge in [-0.05, 0) is 29.5 Å². The molecule has 1 aromatic carbocycles. The predicted molar refractivity (Wildman–Crippen MR) is 103 cm³/mol. The Morgan fingerprint density at radius 3 is 3.12 bits per heavy atom. The summed E-state index contributed by atoms with van der Waals surface area (Å²) in [5.41, 5.74) is 3.28. The zero-order valence-electron chi connectivity index (χ0n) is 13.4. The fraction of sp³-hybridized carbons (Fsp3) is 0.167. The Hall–Kier alpha value is -2.38. The molecule has 0 aliphatic carbocycles. The Morgan fingerprint density at radius 1 is 1.24 bits per heavy atom. The first-order chi connectivity index (χ1) is 12.3. The van der Waals surface area contributed by atoms with E-state index in [1.165, 1.54) is 22.7 Å². The minimum absolute atomic E-state index is 0.0214. The molecule has 0 saturated carbocycles. The van der Waals surface area contributed by atoms with Crippen LogP contribution in [0.15, 0.2) is 53.3 Å². The van der Waals surface area contributed by atoms with Crippen molar-refractivity contribution in [1.29, 1.82) is 0 Å². The Bertz CT molecular complexity index is 1020. The standard InChI is InChI=1S/C18H16N4OS2/c23-16(10-25-18-17-15(6-8-24-17)21-11-22-18)19-7-5-12-9-20-14-4-2-1-3-13(12)14/h1-4,6,8-9,11,20H,5,7,10H2,(H,19,23). The van der Waals surface area contributed by atoms with E-state index >= 15 is 0 Å². The molecule has 7 heteroatoms. The summed E-state index contributed by atoms with van der Waals surface area (Å²) in [5.74, 6) is 0.380. The molecule has 1 amide bonds. The summed E-state index contributed by atoms with van der Waals surface area (Å²) in [6.07, 6.45) is 4.37. The van der Waals surface area contributed by atoms with Crippen LogP contribution in [-0.4, -0.2) is 33.2 Å². The van der Waals surface area contributed by atoms with Crippen molar-refractivity contribution in [3.63, 3.8) is 0 Å². The van der Waals surface area contributed by atoms with Crippen molar-refractivity contribution in [2.24, 2.45) is 0 Å². The third kappa shape index (κ3) is 3.52. The number of rotatable bonds is 6. The highest BCUT2D eigenvalue weighted by molar-refractivity contribution is 8.00. The first kappa shape index (κ1) is 16.1. The van der Waals surface area contributed by atoms with Gasteiger partial charge in [-0.25, -0.2) is 9.97 Å². The molecule has 0 saturated heterocycles. The monoisotopic (exact) mass is 368 g/mol. The number of nitrogens with one attached hydrogen (secondary N) is 2. The van der Waals surface area contributed by atoms with Crippen LogP contribution in [0.1, 0.15) is 5.56 Å². The van der Waals surface area contributed by atoms with Crippen molar-refractivity contribution in [3.8, 4) is 0 Å². The first-order valence-corrected chi connectivity index (χ1v) is 9.80. The summed E-state index contributed by atoms with van der Waals surface area (Å²) >= 11 is 3.06. The molecule has 0 unspecified atom stereocenters. The summed E-state index contributed by atoms with van der Waals surface area (Å²) < 4.78 is 1.04. The largest absolute Gasteiger partial charge is 0.361 e. The molecule has 3 aromatic heterocycles. The number of thiophene rings is 1. The number of amides is 1. The number of aromatic amines is 1. The van der Waals surface area contributed by atoms with Gasteiger partial charge in [0.2, 0.25) is 5.91 Å². The van der Waals surface area contributed by atoms with Crippen molar-refractivity contribution in [3.05, 3.63) is 53.8 Å². The maximum absolute atomic E-state index is 12.1. The topological polar surface area (TPSA) is 70.7 Å². The highest BCUT2D eigenvalue weighted by atomic mass is 32.2. The number of carbonyl (C=O) groups is 1. The van der Waals surface area contributed by atoms with Crippen LogP contribution in [0.2, 0.25) is 0 Å². The van der Waals surface area contributed by atoms with Crippen LogP contribution in [-0.2, 0) is 11.2 Å². The second-order valence-electron chi connectivity index (χ2n) is 5.56. The number of benzene rings is 1. The molecule has 0 aliphatic heterocycles. The number of nitrogens with zero attached hydrogens (tertiary/aromatic N) is 2. The number of hydrogen-bond donors (Lipinski definition) is 2. The minimum atomic E-state index is 0.0214. The minimum Gasteiger partial charge on any atom is -0.361 e. The molecule has 0 spiro atoms. The predicted octanol–water partition coefficient (Wildman–Crippen LogP) is 3.62. The maximum Gasteiger partial charge on any atom is 0.230 e. The zero-order valence-corrected chi connectivity index (χ0v) is 15.0.